The Labute approximate surface area is 148 Å². The predicted octanol–water partition coefficient (Wildman–Crippen LogP) is 2.60. The van der Waals surface area contributed by atoms with Crippen LogP contribution in [0.4, 0.5) is 5.69 Å². The second-order valence-corrected chi connectivity index (χ2v) is 7.63. The van der Waals surface area contributed by atoms with E-state index in [1.165, 1.54) is 12.8 Å². The van der Waals surface area contributed by atoms with E-state index >= 15 is 0 Å². The maximum atomic E-state index is 12.8. The van der Waals surface area contributed by atoms with E-state index in [-0.39, 0.29) is 18.4 Å². The highest BCUT2D eigenvalue weighted by atomic mass is 16.5. The minimum absolute atomic E-state index is 0.00364. The van der Waals surface area contributed by atoms with Gasteiger partial charge in [-0.1, -0.05) is 31.0 Å². The van der Waals surface area contributed by atoms with E-state index in [4.69, 9.17) is 4.74 Å². The molecule has 2 amide bonds. The van der Waals surface area contributed by atoms with E-state index in [0.717, 1.165) is 37.9 Å². The molecular formula is C20H26N2O3. The van der Waals surface area contributed by atoms with Crippen LogP contribution in [0.2, 0.25) is 0 Å². The lowest BCUT2D eigenvalue weighted by Crippen LogP contribution is -2.62. The molecule has 3 fully saturated rings. The predicted molar refractivity (Wildman–Crippen MR) is 95.3 cm³/mol. The van der Waals surface area contributed by atoms with Crippen LogP contribution in [0.25, 0.3) is 0 Å². The van der Waals surface area contributed by atoms with E-state index in [0.29, 0.717) is 19.0 Å². The van der Waals surface area contributed by atoms with Crippen molar-refractivity contribution in [2.24, 2.45) is 5.92 Å². The van der Waals surface area contributed by atoms with Gasteiger partial charge in [0.15, 0.2) is 0 Å². The van der Waals surface area contributed by atoms with Gasteiger partial charge in [-0.3, -0.25) is 9.59 Å². The van der Waals surface area contributed by atoms with Crippen LogP contribution >= 0.6 is 0 Å². The summed E-state index contributed by atoms with van der Waals surface area (Å²) in [6, 6.07) is 9.76. The monoisotopic (exact) mass is 342 g/mol. The first-order valence-corrected chi connectivity index (χ1v) is 9.45. The molecule has 25 heavy (non-hydrogen) atoms. The molecule has 2 saturated heterocycles. The van der Waals surface area contributed by atoms with E-state index in [1.54, 1.807) is 0 Å². The lowest BCUT2D eigenvalue weighted by molar-refractivity contribution is -0.155. The lowest BCUT2D eigenvalue weighted by atomic mass is 9.89. The Balaban J connectivity index is 1.50. The van der Waals surface area contributed by atoms with Crippen molar-refractivity contribution in [3.63, 3.8) is 0 Å². The highest BCUT2D eigenvalue weighted by Gasteiger charge is 2.45. The van der Waals surface area contributed by atoms with E-state index in [9.17, 15) is 9.59 Å². The summed E-state index contributed by atoms with van der Waals surface area (Å²) < 4.78 is 6.03. The Morgan fingerprint density at radius 2 is 1.84 bits per heavy atom. The number of hydrogen-bond acceptors (Lipinski definition) is 3. The van der Waals surface area contributed by atoms with E-state index in [1.807, 2.05) is 40.1 Å². The van der Waals surface area contributed by atoms with Crippen LogP contribution in [0.1, 0.15) is 38.5 Å². The smallest absolute Gasteiger partial charge is 0.253 e. The number of carbonyl (C=O) groups is 2. The van der Waals surface area contributed by atoms with Crippen molar-refractivity contribution in [2.75, 3.05) is 31.1 Å². The van der Waals surface area contributed by atoms with Crippen molar-refractivity contribution in [2.45, 2.75) is 44.1 Å². The van der Waals surface area contributed by atoms with Gasteiger partial charge >= 0.3 is 0 Å². The van der Waals surface area contributed by atoms with Gasteiger partial charge in [0.25, 0.3) is 5.91 Å². The molecule has 5 heteroatoms. The number of amides is 2. The first kappa shape index (κ1) is 16.6. The minimum Gasteiger partial charge on any atom is -0.361 e. The van der Waals surface area contributed by atoms with Crippen LogP contribution in [-0.4, -0.2) is 48.6 Å². The minimum atomic E-state index is -0.420. The number of benzene rings is 1. The summed E-state index contributed by atoms with van der Waals surface area (Å²) in [6.45, 7) is 2.06. The standard InChI is InChI=1S/C20H26N2O3/c23-18-13-25-20(15-22(18)17-9-2-1-3-10-17)11-6-12-21(14-20)19(24)16-7-4-5-8-16/h1-3,9-10,16H,4-8,11-15H2. The first-order valence-electron chi connectivity index (χ1n) is 9.45. The van der Waals surface area contributed by atoms with Crippen molar-refractivity contribution in [3.05, 3.63) is 30.3 Å². The molecule has 4 rings (SSSR count). The molecule has 0 N–H and O–H groups in total. The number of likely N-dealkylation sites (tertiary alicyclic amines) is 1. The lowest BCUT2D eigenvalue weighted by Gasteiger charge is -2.48. The largest absolute Gasteiger partial charge is 0.361 e. The Kier molecular flexibility index (Phi) is 4.50. The molecule has 5 nitrogen and oxygen atoms in total. The number of ether oxygens (including phenoxy) is 1. The van der Waals surface area contributed by atoms with Gasteiger partial charge in [-0.2, -0.15) is 0 Å². The zero-order chi connectivity index (χ0) is 17.3. The van der Waals surface area contributed by atoms with Crippen LogP contribution in [0.3, 0.4) is 0 Å². The molecule has 0 aromatic heterocycles. The number of carbonyl (C=O) groups excluding carboxylic acids is 2. The molecule has 2 heterocycles. The van der Waals surface area contributed by atoms with E-state index < -0.39 is 5.60 Å². The van der Waals surface area contributed by atoms with Crippen molar-refractivity contribution in [1.82, 2.24) is 4.90 Å². The maximum absolute atomic E-state index is 12.8. The second-order valence-electron chi connectivity index (χ2n) is 7.63. The van der Waals surface area contributed by atoms with Gasteiger partial charge in [0.05, 0.1) is 13.1 Å². The molecule has 1 atom stereocenters. The topological polar surface area (TPSA) is 49.9 Å². The molecule has 1 aromatic carbocycles. The fourth-order valence-corrected chi connectivity index (χ4v) is 4.52. The van der Waals surface area contributed by atoms with Gasteiger partial charge in [-0.05, 0) is 37.8 Å². The summed E-state index contributed by atoms with van der Waals surface area (Å²) in [6.07, 6.45) is 6.23. The average Bonchev–Trinajstić information content (AvgIpc) is 3.19. The van der Waals surface area contributed by atoms with E-state index in [2.05, 4.69) is 0 Å². The van der Waals surface area contributed by atoms with Crippen LogP contribution in [-0.2, 0) is 14.3 Å². The summed E-state index contributed by atoms with van der Waals surface area (Å²) in [5, 5.41) is 0. The van der Waals surface area contributed by atoms with Crippen molar-refractivity contribution < 1.29 is 14.3 Å². The Morgan fingerprint density at radius 1 is 1.08 bits per heavy atom. The molecule has 1 aromatic rings. The third kappa shape index (κ3) is 3.30. The van der Waals surface area contributed by atoms with Gasteiger partial charge in [0.1, 0.15) is 12.2 Å². The first-order chi connectivity index (χ1) is 12.2. The molecule has 0 bridgehead atoms. The number of rotatable bonds is 2. The molecular weight excluding hydrogens is 316 g/mol. The Bertz CT molecular complexity index is 642. The molecule has 1 saturated carbocycles. The molecule has 1 spiro atoms. The van der Waals surface area contributed by atoms with Crippen LogP contribution < -0.4 is 4.90 Å². The van der Waals surface area contributed by atoms with Crippen LogP contribution in [0.5, 0.6) is 0 Å². The number of hydrogen-bond donors (Lipinski definition) is 0. The number of morpholine rings is 1. The van der Waals surface area contributed by atoms with Crippen LogP contribution in [0.15, 0.2) is 30.3 Å². The van der Waals surface area contributed by atoms with Gasteiger partial charge in [-0.15, -0.1) is 0 Å². The zero-order valence-corrected chi connectivity index (χ0v) is 14.7. The quantitative estimate of drug-likeness (QED) is 0.830. The van der Waals surface area contributed by atoms with Crippen molar-refractivity contribution in [3.8, 4) is 0 Å². The summed E-state index contributed by atoms with van der Waals surface area (Å²) >= 11 is 0. The fourth-order valence-electron chi connectivity index (χ4n) is 4.52. The fraction of sp³-hybridized carbons (Fsp3) is 0.600. The molecule has 134 valence electrons. The summed E-state index contributed by atoms with van der Waals surface area (Å²) in [5.74, 6) is 0.491. The van der Waals surface area contributed by atoms with Gasteiger partial charge in [0.2, 0.25) is 5.91 Å². The maximum Gasteiger partial charge on any atom is 0.253 e. The van der Waals surface area contributed by atoms with Gasteiger partial charge < -0.3 is 14.5 Å². The number of para-hydroxylation sites is 1. The average molecular weight is 342 g/mol. The van der Waals surface area contributed by atoms with Crippen molar-refractivity contribution >= 4 is 17.5 Å². The Morgan fingerprint density at radius 3 is 2.60 bits per heavy atom. The highest BCUT2D eigenvalue weighted by molar-refractivity contribution is 5.95. The molecule has 3 aliphatic rings. The highest BCUT2D eigenvalue weighted by Crippen LogP contribution is 2.34. The SMILES string of the molecule is O=C(C1CCCC1)N1CCCC2(C1)CN(c1ccccc1)C(=O)CO2. The zero-order valence-electron chi connectivity index (χ0n) is 14.7. The number of nitrogens with zero attached hydrogens (tertiary/aromatic N) is 2. The van der Waals surface area contributed by atoms with Crippen molar-refractivity contribution in [1.29, 1.82) is 0 Å². The van der Waals surface area contributed by atoms with Gasteiger partial charge in [-0.25, -0.2) is 0 Å². The Hall–Kier alpha value is -1.88. The number of piperidine rings is 1. The molecule has 1 unspecified atom stereocenters. The summed E-state index contributed by atoms with van der Waals surface area (Å²) in [7, 11) is 0. The summed E-state index contributed by atoms with van der Waals surface area (Å²) in [5.41, 5.74) is 0.491. The normalized spacial score (nSPS) is 27.9. The molecule has 2 aliphatic heterocycles. The number of anilines is 1. The molecule has 1 aliphatic carbocycles. The van der Waals surface area contributed by atoms with Crippen LogP contribution in [0, 0.1) is 5.92 Å². The summed E-state index contributed by atoms with van der Waals surface area (Å²) in [4.78, 5) is 29.0. The van der Waals surface area contributed by atoms with Gasteiger partial charge in [0, 0.05) is 18.2 Å². The second kappa shape index (κ2) is 6.79. The molecule has 0 radical (unpaired) electrons. The third-order valence-electron chi connectivity index (χ3n) is 5.87. The third-order valence-corrected chi connectivity index (χ3v) is 5.87.